The molecule has 1 saturated carbocycles. The molecule has 2 amide bonds. The van der Waals surface area contributed by atoms with Gasteiger partial charge in [-0.2, -0.15) is 0 Å². The van der Waals surface area contributed by atoms with Crippen molar-refractivity contribution in [3.05, 3.63) is 29.7 Å². The number of rotatable bonds is 5. The molecule has 0 bridgehead atoms. The number of hydrogen-bond acceptors (Lipinski definition) is 5. The SMILES string of the molecule is COc1cc2c(OC[C@H]3NC(=O)[C@@H]4C(C)[C@@H]43)ncc(F)c2cc1C(N)=O. The molecule has 1 aromatic carbocycles. The number of pyridine rings is 1. The van der Waals surface area contributed by atoms with E-state index >= 15 is 0 Å². The van der Waals surface area contributed by atoms with Gasteiger partial charge < -0.3 is 20.5 Å². The van der Waals surface area contributed by atoms with Gasteiger partial charge in [-0.25, -0.2) is 9.37 Å². The smallest absolute Gasteiger partial charge is 0.252 e. The summed E-state index contributed by atoms with van der Waals surface area (Å²) < 4.78 is 25.2. The number of benzene rings is 1. The minimum Gasteiger partial charge on any atom is -0.496 e. The summed E-state index contributed by atoms with van der Waals surface area (Å²) in [5.74, 6) is -0.138. The van der Waals surface area contributed by atoms with Crippen LogP contribution in [0, 0.1) is 23.6 Å². The molecule has 3 N–H and O–H groups in total. The fraction of sp³-hybridized carbons (Fsp3) is 0.389. The van der Waals surface area contributed by atoms with Crippen LogP contribution in [-0.4, -0.2) is 36.6 Å². The summed E-state index contributed by atoms with van der Waals surface area (Å²) >= 11 is 0. The number of methoxy groups -OCH3 is 1. The second-order valence-corrected chi connectivity index (χ2v) is 6.76. The number of piperidine rings is 1. The Morgan fingerprint density at radius 1 is 1.38 bits per heavy atom. The van der Waals surface area contributed by atoms with Gasteiger partial charge in [0.05, 0.1) is 30.3 Å². The molecule has 2 aromatic rings. The van der Waals surface area contributed by atoms with Gasteiger partial charge in [0.15, 0.2) is 0 Å². The first kappa shape index (κ1) is 16.6. The van der Waals surface area contributed by atoms with Crippen LogP contribution in [0.5, 0.6) is 11.6 Å². The van der Waals surface area contributed by atoms with Crippen LogP contribution < -0.4 is 20.5 Å². The molecule has 2 aliphatic rings. The quantitative estimate of drug-likeness (QED) is 0.836. The molecule has 2 heterocycles. The topological polar surface area (TPSA) is 104 Å². The summed E-state index contributed by atoms with van der Waals surface area (Å²) in [6.45, 7) is 2.29. The Kier molecular flexibility index (Phi) is 3.71. The van der Waals surface area contributed by atoms with E-state index in [0.717, 1.165) is 6.20 Å². The van der Waals surface area contributed by atoms with Gasteiger partial charge in [-0.1, -0.05) is 6.92 Å². The maximum atomic E-state index is 14.2. The van der Waals surface area contributed by atoms with Gasteiger partial charge >= 0.3 is 0 Å². The molecule has 1 saturated heterocycles. The van der Waals surface area contributed by atoms with E-state index < -0.39 is 11.7 Å². The van der Waals surface area contributed by atoms with Gasteiger partial charge in [-0.05, 0) is 24.0 Å². The number of halogens is 1. The van der Waals surface area contributed by atoms with Crippen molar-refractivity contribution >= 4 is 22.6 Å². The van der Waals surface area contributed by atoms with E-state index in [2.05, 4.69) is 10.3 Å². The van der Waals surface area contributed by atoms with Crippen LogP contribution in [0.25, 0.3) is 10.8 Å². The van der Waals surface area contributed by atoms with Gasteiger partial charge in [0.25, 0.3) is 5.91 Å². The Morgan fingerprint density at radius 2 is 2.15 bits per heavy atom. The second kappa shape index (κ2) is 5.82. The first-order valence-corrected chi connectivity index (χ1v) is 8.31. The average Bonchev–Trinajstić information content (AvgIpc) is 3.16. The van der Waals surface area contributed by atoms with Crippen molar-refractivity contribution in [2.75, 3.05) is 13.7 Å². The lowest BCUT2D eigenvalue weighted by Crippen LogP contribution is -2.36. The van der Waals surface area contributed by atoms with Crippen molar-refractivity contribution in [3.63, 3.8) is 0 Å². The van der Waals surface area contributed by atoms with Gasteiger partial charge in [0, 0.05) is 11.3 Å². The molecule has 1 aliphatic carbocycles. The highest BCUT2D eigenvalue weighted by Crippen LogP contribution is 2.52. The third kappa shape index (κ3) is 2.44. The summed E-state index contributed by atoms with van der Waals surface area (Å²) in [5.41, 5.74) is 5.41. The number of carbonyl (C=O) groups is 2. The minimum atomic E-state index is -0.718. The third-order valence-electron chi connectivity index (χ3n) is 5.33. The number of carbonyl (C=O) groups excluding carboxylic acids is 2. The van der Waals surface area contributed by atoms with Gasteiger partial charge in [0.1, 0.15) is 18.2 Å². The van der Waals surface area contributed by atoms with Gasteiger partial charge in [-0.15, -0.1) is 0 Å². The van der Waals surface area contributed by atoms with Gasteiger partial charge in [0.2, 0.25) is 11.8 Å². The normalized spacial score (nSPS) is 26.3. The molecule has 136 valence electrons. The maximum Gasteiger partial charge on any atom is 0.252 e. The van der Waals surface area contributed by atoms with Crippen LogP contribution >= 0.6 is 0 Å². The number of hydrogen-bond donors (Lipinski definition) is 2. The highest BCUT2D eigenvalue weighted by atomic mass is 19.1. The molecule has 2 fully saturated rings. The molecule has 1 aromatic heterocycles. The summed E-state index contributed by atoms with van der Waals surface area (Å²) in [6, 6.07) is 2.73. The molecule has 7 nitrogen and oxygen atoms in total. The fourth-order valence-electron chi connectivity index (χ4n) is 3.91. The Hall–Kier alpha value is -2.90. The number of nitrogens with zero attached hydrogens (tertiary/aromatic N) is 1. The molecule has 4 atom stereocenters. The van der Waals surface area contributed by atoms with E-state index in [1.54, 1.807) is 0 Å². The molecular weight excluding hydrogens is 341 g/mol. The summed E-state index contributed by atoms with van der Waals surface area (Å²) in [6.07, 6.45) is 1.03. The van der Waals surface area contributed by atoms with Crippen LogP contribution in [-0.2, 0) is 4.79 Å². The third-order valence-corrected chi connectivity index (χ3v) is 5.33. The number of primary amides is 1. The fourth-order valence-corrected chi connectivity index (χ4v) is 3.91. The Morgan fingerprint density at radius 3 is 2.77 bits per heavy atom. The van der Waals surface area contributed by atoms with Crippen LogP contribution in [0.15, 0.2) is 18.3 Å². The zero-order valence-corrected chi connectivity index (χ0v) is 14.3. The molecule has 26 heavy (non-hydrogen) atoms. The van der Waals surface area contributed by atoms with E-state index in [0.29, 0.717) is 11.3 Å². The van der Waals surface area contributed by atoms with Crippen LogP contribution in [0.4, 0.5) is 4.39 Å². The minimum absolute atomic E-state index is 0.0563. The van der Waals surface area contributed by atoms with Crippen molar-refractivity contribution in [1.29, 1.82) is 0 Å². The van der Waals surface area contributed by atoms with Crippen molar-refractivity contribution in [3.8, 4) is 11.6 Å². The van der Waals surface area contributed by atoms with E-state index in [1.807, 2.05) is 6.92 Å². The first-order valence-electron chi connectivity index (χ1n) is 8.31. The molecule has 8 heteroatoms. The Balaban J connectivity index is 1.66. The number of amides is 2. The van der Waals surface area contributed by atoms with Crippen molar-refractivity contribution in [2.24, 2.45) is 23.5 Å². The lowest BCUT2D eigenvalue weighted by atomic mass is 10.1. The van der Waals surface area contributed by atoms with Crippen LogP contribution in [0.2, 0.25) is 0 Å². The van der Waals surface area contributed by atoms with Gasteiger partial charge in [-0.3, -0.25) is 9.59 Å². The Bertz CT molecular complexity index is 932. The van der Waals surface area contributed by atoms with Crippen molar-refractivity contribution in [2.45, 2.75) is 13.0 Å². The monoisotopic (exact) mass is 359 g/mol. The van der Waals surface area contributed by atoms with E-state index in [9.17, 15) is 14.0 Å². The summed E-state index contributed by atoms with van der Waals surface area (Å²) in [7, 11) is 1.39. The highest BCUT2D eigenvalue weighted by molar-refractivity contribution is 6.01. The van der Waals surface area contributed by atoms with Crippen LogP contribution in [0.3, 0.4) is 0 Å². The van der Waals surface area contributed by atoms with Crippen molar-refractivity contribution in [1.82, 2.24) is 10.3 Å². The number of fused-ring (bicyclic) bond motifs is 2. The molecular formula is C18H18FN3O4. The number of nitrogens with one attached hydrogen (secondary N) is 1. The Labute approximate surface area is 148 Å². The zero-order valence-electron chi connectivity index (χ0n) is 14.3. The maximum absolute atomic E-state index is 14.2. The second-order valence-electron chi connectivity index (χ2n) is 6.76. The van der Waals surface area contributed by atoms with Crippen molar-refractivity contribution < 1.29 is 23.5 Å². The molecule has 0 radical (unpaired) electrons. The van der Waals surface area contributed by atoms with E-state index in [1.165, 1.54) is 19.2 Å². The predicted octanol–water partition coefficient (Wildman–Crippen LogP) is 1.24. The zero-order chi connectivity index (χ0) is 18.6. The lowest BCUT2D eigenvalue weighted by Gasteiger charge is -2.17. The summed E-state index contributed by atoms with van der Waals surface area (Å²) in [4.78, 5) is 27.4. The molecule has 1 aliphatic heterocycles. The largest absolute Gasteiger partial charge is 0.496 e. The standard InChI is InChI=1S/C18H18FN3O4/c1-7-14-12(22-17(24)15(7)14)6-26-18-9-4-13(25-2)10(16(20)23)3-8(9)11(19)5-21-18/h3-5,7,12,14-15H,6H2,1-2H3,(H2,20,23)(H,22,24)/t7?,12-,14-,15-/m1/s1. The van der Waals surface area contributed by atoms with E-state index in [4.69, 9.17) is 15.2 Å². The molecule has 4 rings (SSSR count). The predicted molar refractivity (Wildman–Crippen MR) is 90.3 cm³/mol. The number of ether oxygens (including phenoxy) is 2. The van der Waals surface area contributed by atoms with Crippen LogP contribution in [0.1, 0.15) is 17.3 Å². The highest BCUT2D eigenvalue weighted by Gasteiger charge is 2.61. The number of nitrogens with two attached hydrogens (primary N) is 1. The molecule has 1 unspecified atom stereocenters. The summed E-state index contributed by atoms with van der Waals surface area (Å²) in [5, 5.41) is 3.44. The lowest BCUT2D eigenvalue weighted by molar-refractivity contribution is -0.121. The first-order chi connectivity index (χ1) is 12.4. The average molecular weight is 359 g/mol. The molecule has 0 spiro atoms. The number of aromatic nitrogens is 1. The van der Waals surface area contributed by atoms with E-state index in [-0.39, 0.29) is 53.0 Å².